The molecule has 1 aromatic rings. The van der Waals surface area contributed by atoms with Gasteiger partial charge in [0.1, 0.15) is 5.56 Å². The maximum Gasteiger partial charge on any atom is 0.339 e. The normalized spacial score (nSPS) is 10.9. The number of aromatic hydroxyl groups is 2. The average molecular weight is 366 g/mol. The lowest BCUT2D eigenvalue weighted by Gasteiger charge is -2.21. The Morgan fingerprint density at radius 2 is 1.35 bits per heavy atom. The van der Waals surface area contributed by atoms with E-state index in [1.165, 1.54) is 0 Å². The number of phenols is 2. The van der Waals surface area contributed by atoms with E-state index in [2.05, 4.69) is 13.8 Å². The molecule has 0 atom stereocenters. The highest BCUT2D eigenvalue weighted by Crippen LogP contribution is 2.45. The molecule has 0 heterocycles. The minimum Gasteiger partial charge on any atom is -0.504 e. The molecule has 0 unspecified atom stereocenters. The van der Waals surface area contributed by atoms with Gasteiger partial charge in [0.25, 0.3) is 0 Å². The highest BCUT2D eigenvalue weighted by atomic mass is 16.5. The van der Waals surface area contributed by atoms with Gasteiger partial charge in [-0.1, -0.05) is 52.9 Å². The highest BCUT2D eigenvalue weighted by Gasteiger charge is 2.27. The van der Waals surface area contributed by atoms with Crippen LogP contribution >= 0.6 is 0 Å². The predicted molar refractivity (Wildman–Crippen MR) is 104 cm³/mol. The minimum atomic E-state index is -1.21. The van der Waals surface area contributed by atoms with E-state index >= 15 is 0 Å². The van der Waals surface area contributed by atoms with Gasteiger partial charge in [-0.05, 0) is 37.7 Å². The second-order valence-corrected chi connectivity index (χ2v) is 6.78. The van der Waals surface area contributed by atoms with Crippen LogP contribution in [0.3, 0.4) is 0 Å². The molecule has 0 fully saturated rings. The Morgan fingerprint density at radius 1 is 0.808 bits per heavy atom. The topological polar surface area (TPSA) is 87.0 Å². The third-order valence-corrected chi connectivity index (χ3v) is 4.64. The Balaban J connectivity index is 3.41. The lowest BCUT2D eigenvalue weighted by Crippen LogP contribution is -2.11. The van der Waals surface area contributed by atoms with Crippen LogP contribution in [0.15, 0.2) is 0 Å². The zero-order valence-corrected chi connectivity index (χ0v) is 16.4. The van der Waals surface area contributed by atoms with E-state index in [4.69, 9.17) is 4.74 Å². The van der Waals surface area contributed by atoms with Gasteiger partial charge in [-0.25, -0.2) is 4.79 Å². The summed E-state index contributed by atoms with van der Waals surface area (Å²) < 4.78 is 5.80. The Bertz CT molecular complexity index is 580. The first-order chi connectivity index (χ1) is 12.5. The number of hydrogen-bond donors (Lipinski definition) is 3. The molecule has 1 rings (SSSR count). The SMILES string of the molecule is CCCCCc1c(CCCCC)c(C(=O)O)c(O)c(O)c1OCCCC. The maximum absolute atomic E-state index is 11.8. The zero-order valence-electron chi connectivity index (χ0n) is 16.4. The third-order valence-electron chi connectivity index (χ3n) is 4.64. The van der Waals surface area contributed by atoms with E-state index in [0.717, 1.165) is 56.9 Å². The molecule has 1 aromatic carbocycles. The third kappa shape index (κ3) is 5.82. The van der Waals surface area contributed by atoms with Crippen LogP contribution in [0.4, 0.5) is 0 Å². The summed E-state index contributed by atoms with van der Waals surface area (Å²) in [6.45, 7) is 6.68. The Kier molecular flexibility index (Phi) is 9.92. The number of carboxylic acid groups (broad SMARTS) is 1. The number of phenolic OH excluding ortho intramolecular Hbond substituents is 1. The molecule has 0 aliphatic rings. The molecule has 0 aromatic heterocycles. The number of carboxylic acids is 1. The molecule has 0 spiro atoms. The average Bonchev–Trinajstić information content (AvgIpc) is 2.61. The number of ether oxygens (including phenoxy) is 1. The molecular weight excluding hydrogens is 332 g/mol. The monoisotopic (exact) mass is 366 g/mol. The van der Waals surface area contributed by atoms with Gasteiger partial charge in [-0.15, -0.1) is 0 Å². The number of unbranched alkanes of at least 4 members (excludes halogenated alkanes) is 5. The molecule has 0 amide bonds. The van der Waals surface area contributed by atoms with Crippen LogP contribution in [0.1, 0.15) is 93.6 Å². The van der Waals surface area contributed by atoms with Crippen LogP contribution in [0.5, 0.6) is 17.2 Å². The van der Waals surface area contributed by atoms with Crippen molar-refractivity contribution in [2.75, 3.05) is 6.61 Å². The standard InChI is InChI=1S/C21H34O5/c1-4-7-10-12-15-16(13-11-8-5-2)20(26-14-9-6-3)19(23)18(22)17(15)21(24)25/h22-23H,4-14H2,1-3H3,(H,24,25). The Labute approximate surface area is 157 Å². The molecule has 0 bridgehead atoms. The molecule has 0 saturated heterocycles. The number of rotatable bonds is 13. The van der Waals surface area contributed by atoms with Crippen molar-refractivity contribution in [2.24, 2.45) is 0 Å². The molecule has 0 radical (unpaired) electrons. The predicted octanol–water partition coefficient (Wildman–Crippen LogP) is 5.44. The fourth-order valence-electron chi connectivity index (χ4n) is 3.15. The molecule has 0 aliphatic heterocycles. The van der Waals surface area contributed by atoms with Crippen molar-refractivity contribution >= 4 is 5.97 Å². The quantitative estimate of drug-likeness (QED) is 0.319. The fraction of sp³-hybridized carbons (Fsp3) is 0.667. The molecule has 3 N–H and O–H groups in total. The van der Waals surface area contributed by atoms with Gasteiger partial charge in [0.05, 0.1) is 6.61 Å². The van der Waals surface area contributed by atoms with Crippen LogP contribution < -0.4 is 4.74 Å². The maximum atomic E-state index is 11.8. The molecule has 26 heavy (non-hydrogen) atoms. The summed E-state index contributed by atoms with van der Waals surface area (Å²) in [4.78, 5) is 11.8. The molecule has 5 nitrogen and oxygen atoms in total. The van der Waals surface area contributed by atoms with E-state index in [1.54, 1.807) is 0 Å². The van der Waals surface area contributed by atoms with Crippen LogP contribution in [-0.4, -0.2) is 27.9 Å². The van der Waals surface area contributed by atoms with Gasteiger partial charge in [0.15, 0.2) is 11.5 Å². The molecule has 0 saturated carbocycles. The van der Waals surface area contributed by atoms with Gasteiger partial charge in [-0.3, -0.25) is 0 Å². The first-order valence-corrected chi connectivity index (χ1v) is 9.95. The van der Waals surface area contributed by atoms with E-state index in [1.807, 2.05) is 6.92 Å². The molecule has 148 valence electrons. The van der Waals surface area contributed by atoms with Crippen LogP contribution in [-0.2, 0) is 12.8 Å². The largest absolute Gasteiger partial charge is 0.504 e. The molecule has 5 heteroatoms. The van der Waals surface area contributed by atoms with Crippen LogP contribution in [0.25, 0.3) is 0 Å². The van der Waals surface area contributed by atoms with Gasteiger partial charge in [-0.2, -0.15) is 0 Å². The van der Waals surface area contributed by atoms with Crippen molar-refractivity contribution < 1.29 is 24.9 Å². The van der Waals surface area contributed by atoms with Crippen molar-refractivity contribution in [3.8, 4) is 17.2 Å². The van der Waals surface area contributed by atoms with E-state index in [0.29, 0.717) is 25.0 Å². The summed E-state index contributed by atoms with van der Waals surface area (Å²) in [5.41, 5.74) is 1.19. The van der Waals surface area contributed by atoms with Crippen LogP contribution in [0.2, 0.25) is 0 Å². The number of carbonyl (C=O) groups is 1. The van der Waals surface area contributed by atoms with E-state index in [9.17, 15) is 20.1 Å². The van der Waals surface area contributed by atoms with Crippen molar-refractivity contribution in [1.29, 1.82) is 0 Å². The van der Waals surface area contributed by atoms with Gasteiger partial charge < -0.3 is 20.1 Å². The summed E-state index contributed by atoms with van der Waals surface area (Å²) in [5, 5.41) is 30.4. The van der Waals surface area contributed by atoms with Gasteiger partial charge >= 0.3 is 5.97 Å². The molecular formula is C21H34O5. The lowest BCUT2D eigenvalue weighted by molar-refractivity contribution is 0.0691. The van der Waals surface area contributed by atoms with Crippen LogP contribution in [0, 0.1) is 0 Å². The minimum absolute atomic E-state index is 0.173. The second kappa shape index (κ2) is 11.7. The molecule has 0 aliphatic carbocycles. The van der Waals surface area contributed by atoms with Crippen molar-refractivity contribution in [2.45, 2.75) is 85.0 Å². The first-order valence-electron chi connectivity index (χ1n) is 9.95. The van der Waals surface area contributed by atoms with Crippen molar-refractivity contribution in [3.63, 3.8) is 0 Å². The lowest BCUT2D eigenvalue weighted by atomic mass is 9.90. The van der Waals surface area contributed by atoms with Gasteiger partial charge in [0, 0.05) is 5.56 Å². The first kappa shape index (κ1) is 22.1. The number of benzene rings is 1. The Morgan fingerprint density at radius 3 is 1.85 bits per heavy atom. The number of hydrogen-bond acceptors (Lipinski definition) is 4. The fourth-order valence-corrected chi connectivity index (χ4v) is 3.15. The Hall–Kier alpha value is -1.91. The summed E-state index contributed by atoms with van der Waals surface area (Å²) in [5.74, 6) is -1.95. The number of aromatic carboxylic acids is 1. The zero-order chi connectivity index (χ0) is 19.5. The summed E-state index contributed by atoms with van der Waals surface area (Å²) in [6.07, 6.45) is 8.81. The van der Waals surface area contributed by atoms with Crippen molar-refractivity contribution in [1.82, 2.24) is 0 Å². The van der Waals surface area contributed by atoms with Crippen molar-refractivity contribution in [3.05, 3.63) is 16.7 Å². The van der Waals surface area contributed by atoms with Gasteiger partial charge in [0.2, 0.25) is 5.75 Å². The van der Waals surface area contributed by atoms with E-state index < -0.39 is 17.5 Å². The smallest absolute Gasteiger partial charge is 0.339 e. The second-order valence-electron chi connectivity index (χ2n) is 6.78. The van der Waals surface area contributed by atoms with E-state index in [-0.39, 0.29) is 11.3 Å². The highest BCUT2D eigenvalue weighted by molar-refractivity contribution is 5.95. The summed E-state index contributed by atoms with van der Waals surface area (Å²) in [6, 6.07) is 0. The summed E-state index contributed by atoms with van der Waals surface area (Å²) >= 11 is 0. The summed E-state index contributed by atoms with van der Waals surface area (Å²) in [7, 11) is 0.